The smallest absolute Gasteiger partial charge is 0.270 e. The predicted octanol–water partition coefficient (Wildman–Crippen LogP) is 4.23. The molecule has 2 amide bonds. The van der Waals surface area contributed by atoms with Gasteiger partial charge in [0.15, 0.2) is 0 Å². The van der Waals surface area contributed by atoms with E-state index in [0.717, 1.165) is 42.4 Å². The number of nitrogens with one attached hydrogen (secondary N) is 1. The molecule has 0 unspecified atom stereocenters. The van der Waals surface area contributed by atoms with Crippen LogP contribution in [0.1, 0.15) is 35.2 Å². The van der Waals surface area contributed by atoms with Crippen LogP contribution in [0.2, 0.25) is 0 Å². The van der Waals surface area contributed by atoms with Crippen molar-refractivity contribution in [3.05, 3.63) is 75.9 Å². The van der Waals surface area contributed by atoms with Gasteiger partial charge in [0.2, 0.25) is 0 Å². The van der Waals surface area contributed by atoms with Gasteiger partial charge in [-0.3, -0.25) is 9.59 Å². The number of likely N-dealkylation sites (tertiary alicyclic amines) is 1. The van der Waals surface area contributed by atoms with Crippen LogP contribution in [0.5, 0.6) is 0 Å². The molecule has 1 aliphatic rings. The SMILES string of the molecule is O=C(N/C(=C\c1ccccc1)C(=O)N1CCCCC1)c1cccc(Br)c1. The predicted molar refractivity (Wildman–Crippen MR) is 106 cm³/mol. The Balaban J connectivity index is 1.86. The van der Waals surface area contributed by atoms with E-state index >= 15 is 0 Å². The van der Waals surface area contributed by atoms with Crippen LogP contribution in [0.4, 0.5) is 0 Å². The molecule has 26 heavy (non-hydrogen) atoms. The van der Waals surface area contributed by atoms with Crippen LogP contribution in [-0.4, -0.2) is 29.8 Å². The zero-order valence-electron chi connectivity index (χ0n) is 14.5. The van der Waals surface area contributed by atoms with Crippen molar-refractivity contribution >= 4 is 33.8 Å². The first-order valence-corrected chi connectivity index (χ1v) is 9.56. The van der Waals surface area contributed by atoms with Crippen molar-refractivity contribution in [1.82, 2.24) is 10.2 Å². The Labute approximate surface area is 162 Å². The molecular formula is C21H21BrN2O2. The topological polar surface area (TPSA) is 49.4 Å². The monoisotopic (exact) mass is 412 g/mol. The lowest BCUT2D eigenvalue weighted by atomic mass is 10.1. The number of piperidine rings is 1. The van der Waals surface area contributed by atoms with Crippen LogP contribution >= 0.6 is 15.9 Å². The van der Waals surface area contributed by atoms with Crippen LogP contribution in [0.25, 0.3) is 6.08 Å². The van der Waals surface area contributed by atoms with E-state index in [4.69, 9.17) is 0 Å². The van der Waals surface area contributed by atoms with Gasteiger partial charge < -0.3 is 10.2 Å². The Hall–Kier alpha value is -2.40. The molecule has 1 heterocycles. The molecule has 0 spiro atoms. The standard InChI is InChI=1S/C21H21BrN2O2/c22-18-11-7-10-17(15-18)20(25)23-19(14-16-8-3-1-4-9-16)21(26)24-12-5-2-6-13-24/h1,3-4,7-11,14-15H,2,5-6,12-13H2,(H,23,25)/b19-14-. The largest absolute Gasteiger partial charge is 0.337 e. The molecule has 1 aliphatic heterocycles. The molecule has 0 saturated carbocycles. The summed E-state index contributed by atoms with van der Waals surface area (Å²) in [5.74, 6) is -0.421. The molecule has 5 heteroatoms. The summed E-state index contributed by atoms with van der Waals surface area (Å²) >= 11 is 3.37. The highest BCUT2D eigenvalue weighted by molar-refractivity contribution is 9.10. The Bertz CT molecular complexity index is 812. The molecule has 2 aromatic rings. The Kier molecular flexibility index (Phi) is 6.23. The minimum absolute atomic E-state index is 0.128. The molecule has 1 saturated heterocycles. The number of hydrogen-bond acceptors (Lipinski definition) is 2. The third-order valence-electron chi connectivity index (χ3n) is 4.32. The van der Waals surface area contributed by atoms with Crippen molar-refractivity contribution in [3.8, 4) is 0 Å². The second-order valence-corrected chi connectivity index (χ2v) is 7.20. The molecule has 0 aliphatic carbocycles. The molecule has 0 aromatic heterocycles. The normalized spacial score (nSPS) is 14.8. The van der Waals surface area contributed by atoms with Crippen LogP contribution in [-0.2, 0) is 4.79 Å². The fraction of sp³-hybridized carbons (Fsp3) is 0.238. The number of carbonyl (C=O) groups excluding carboxylic acids is 2. The number of hydrogen-bond donors (Lipinski definition) is 1. The second-order valence-electron chi connectivity index (χ2n) is 6.29. The van der Waals surface area contributed by atoms with Gasteiger partial charge in [-0.15, -0.1) is 0 Å². The van der Waals surface area contributed by atoms with Crippen molar-refractivity contribution in [2.24, 2.45) is 0 Å². The van der Waals surface area contributed by atoms with Gasteiger partial charge in [0.05, 0.1) is 0 Å². The van der Waals surface area contributed by atoms with Gasteiger partial charge in [0.25, 0.3) is 11.8 Å². The van der Waals surface area contributed by atoms with Gasteiger partial charge in [-0.25, -0.2) is 0 Å². The van der Waals surface area contributed by atoms with E-state index < -0.39 is 0 Å². The molecule has 0 radical (unpaired) electrons. The van der Waals surface area contributed by atoms with Gasteiger partial charge in [0, 0.05) is 23.1 Å². The highest BCUT2D eigenvalue weighted by Gasteiger charge is 2.22. The zero-order valence-corrected chi connectivity index (χ0v) is 16.0. The highest BCUT2D eigenvalue weighted by atomic mass is 79.9. The summed E-state index contributed by atoms with van der Waals surface area (Å²) in [4.78, 5) is 27.4. The molecule has 2 aromatic carbocycles. The number of nitrogens with zero attached hydrogens (tertiary/aromatic N) is 1. The maximum absolute atomic E-state index is 13.0. The maximum atomic E-state index is 13.0. The van der Waals surface area contributed by atoms with E-state index in [-0.39, 0.29) is 11.8 Å². The number of benzene rings is 2. The fourth-order valence-corrected chi connectivity index (χ4v) is 3.36. The highest BCUT2D eigenvalue weighted by Crippen LogP contribution is 2.15. The average molecular weight is 413 g/mol. The zero-order chi connectivity index (χ0) is 18.4. The third-order valence-corrected chi connectivity index (χ3v) is 4.81. The van der Waals surface area contributed by atoms with E-state index in [1.807, 2.05) is 41.3 Å². The van der Waals surface area contributed by atoms with E-state index in [2.05, 4.69) is 21.2 Å². The summed E-state index contributed by atoms with van der Waals surface area (Å²) in [6.07, 6.45) is 4.90. The first-order chi connectivity index (χ1) is 12.6. The van der Waals surface area contributed by atoms with E-state index in [9.17, 15) is 9.59 Å². The lowest BCUT2D eigenvalue weighted by Gasteiger charge is -2.27. The Morgan fingerprint density at radius 2 is 1.69 bits per heavy atom. The lowest BCUT2D eigenvalue weighted by molar-refractivity contribution is -0.128. The van der Waals surface area contributed by atoms with Crippen LogP contribution in [0.3, 0.4) is 0 Å². The van der Waals surface area contributed by atoms with Crippen LogP contribution in [0, 0.1) is 0 Å². The van der Waals surface area contributed by atoms with Gasteiger partial charge in [0.1, 0.15) is 5.70 Å². The summed E-state index contributed by atoms with van der Waals surface area (Å²) in [5, 5.41) is 2.82. The lowest BCUT2D eigenvalue weighted by Crippen LogP contribution is -2.41. The molecule has 134 valence electrons. The summed E-state index contributed by atoms with van der Waals surface area (Å²) in [7, 11) is 0. The van der Waals surface area contributed by atoms with Gasteiger partial charge in [-0.05, 0) is 49.1 Å². The average Bonchev–Trinajstić information content (AvgIpc) is 2.68. The molecule has 0 atom stereocenters. The Morgan fingerprint density at radius 3 is 2.38 bits per heavy atom. The van der Waals surface area contributed by atoms with Crippen molar-refractivity contribution < 1.29 is 9.59 Å². The van der Waals surface area contributed by atoms with Crippen LogP contribution < -0.4 is 5.32 Å². The van der Waals surface area contributed by atoms with Crippen molar-refractivity contribution in [2.45, 2.75) is 19.3 Å². The van der Waals surface area contributed by atoms with Crippen LogP contribution in [0.15, 0.2) is 64.8 Å². The first-order valence-electron chi connectivity index (χ1n) is 8.76. The minimum atomic E-state index is -0.293. The van der Waals surface area contributed by atoms with E-state index in [0.29, 0.717) is 11.3 Å². The molecule has 3 rings (SSSR count). The fourth-order valence-electron chi connectivity index (χ4n) is 2.96. The number of rotatable bonds is 4. The van der Waals surface area contributed by atoms with E-state index in [1.165, 1.54) is 0 Å². The third kappa shape index (κ3) is 4.82. The minimum Gasteiger partial charge on any atom is -0.337 e. The maximum Gasteiger partial charge on any atom is 0.270 e. The quantitative estimate of drug-likeness (QED) is 0.763. The second kappa shape index (κ2) is 8.81. The van der Waals surface area contributed by atoms with Crippen molar-refractivity contribution in [2.75, 3.05) is 13.1 Å². The number of halogens is 1. The van der Waals surface area contributed by atoms with Gasteiger partial charge in [-0.1, -0.05) is 52.3 Å². The molecule has 1 fully saturated rings. The molecular weight excluding hydrogens is 392 g/mol. The summed E-state index contributed by atoms with van der Waals surface area (Å²) in [6.45, 7) is 1.47. The van der Waals surface area contributed by atoms with Gasteiger partial charge >= 0.3 is 0 Å². The molecule has 0 bridgehead atoms. The number of amides is 2. The first kappa shape index (κ1) is 18.4. The van der Waals surface area contributed by atoms with E-state index in [1.54, 1.807) is 24.3 Å². The summed E-state index contributed by atoms with van der Waals surface area (Å²) < 4.78 is 0.820. The van der Waals surface area contributed by atoms with Crippen molar-refractivity contribution in [3.63, 3.8) is 0 Å². The van der Waals surface area contributed by atoms with Gasteiger partial charge in [-0.2, -0.15) is 0 Å². The van der Waals surface area contributed by atoms with Crippen molar-refractivity contribution in [1.29, 1.82) is 0 Å². The molecule has 1 N–H and O–H groups in total. The summed E-state index contributed by atoms with van der Waals surface area (Å²) in [5.41, 5.74) is 1.69. The number of carbonyl (C=O) groups is 2. The Morgan fingerprint density at radius 1 is 0.962 bits per heavy atom. The summed E-state index contributed by atoms with van der Waals surface area (Å²) in [6, 6.07) is 16.7. The molecule has 4 nitrogen and oxygen atoms in total.